The molecule has 4 rings (SSSR count). The molecule has 40 heavy (non-hydrogen) atoms. The number of ether oxygens (including phenoxy) is 1. The predicted molar refractivity (Wildman–Crippen MR) is 144 cm³/mol. The van der Waals surface area contributed by atoms with Crippen molar-refractivity contribution < 1.29 is 28.2 Å². The number of halogens is 1. The van der Waals surface area contributed by atoms with Gasteiger partial charge in [-0.25, -0.2) is 14.5 Å². The smallest absolute Gasteiger partial charge is 0.353 e. The Morgan fingerprint density at radius 2 is 2.00 bits per heavy atom. The molecule has 2 amide bonds. The first-order valence-electron chi connectivity index (χ1n) is 11.8. The summed E-state index contributed by atoms with van der Waals surface area (Å²) in [5, 5.41) is 17.4. The van der Waals surface area contributed by atoms with Crippen molar-refractivity contribution in [3.05, 3.63) is 22.2 Å². The molecule has 0 bridgehead atoms. The van der Waals surface area contributed by atoms with E-state index in [0.717, 1.165) is 16.2 Å². The van der Waals surface area contributed by atoms with E-state index in [0.29, 0.717) is 10.6 Å². The number of carbonyl (C=O) groups excluding carboxylic acids is 3. The van der Waals surface area contributed by atoms with Crippen molar-refractivity contribution in [3.63, 3.8) is 0 Å². The van der Waals surface area contributed by atoms with E-state index in [9.17, 15) is 18.6 Å². The molecule has 2 aliphatic rings. The van der Waals surface area contributed by atoms with Gasteiger partial charge in [-0.05, 0) is 58.6 Å². The normalized spacial score (nSPS) is 21.6. The Bertz CT molecular complexity index is 1450. The Hall–Kier alpha value is -3.25. The van der Waals surface area contributed by atoms with Gasteiger partial charge in [0.05, 0.1) is 22.2 Å². The lowest BCUT2D eigenvalue weighted by molar-refractivity contribution is -0.179. The minimum absolute atomic E-state index is 0.0136. The first-order chi connectivity index (χ1) is 18.6. The molecule has 0 aliphatic carbocycles. The second-order valence-corrected chi connectivity index (χ2v) is 13.0. The summed E-state index contributed by atoms with van der Waals surface area (Å²) < 4.78 is 23.3. The van der Waals surface area contributed by atoms with Crippen LogP contribution < -0.4 is 5.32 Å². The average molecular weight is 610 g/mol. The van der Waals surface area contributed by atoms with Gasteiger partial charge in [0.2, 0.25) is 23.0 Å². The number of carbonyl (C=O) groups is 3. The highest BCUT2D eigenvalue weighted by molar-refractivity contribution is 7.86. The molecule has 212 valence electrons. The van der Waals surface area contributed by atoms with E-state index in [-0.39, 0.29) is 29.0 Å². The van der Waals surface area contributed by atoms with Gasteiger partial charge >= 0.3 is 5.97 Å². The first kappa shape index (κ1) is 29.7. The Balaban J connectivity index is 1.59. The van der Waals surface area contributed by atoms with E-state index in [1.54, 1.807) is 27.7 Å². The third kappa shape index (κ3) is 5.92. The van der Waals surface area contributed by atoms with Crippen LogP contribution in [-0.2, 0) is 34.8 Å². The number of aryl methyl sites for hydroxylation is 1. The van der Waals surface area contributed by atoms with Crippen LogP contribution in [0.15, 0.2) is 10.7 Å². The topological polar surface area (TPSA) is 184 Å². The summed E-state index contributed by atoms with van der Waals surface area (Å²) in [5.74, 6) is -2.26. The van der Waals surface area contributed by atoms with Crippen molar-refractivity contribution in [1.29, 1.82) is 0 Å². The summed E-state index contributed by atoms with van der Waals surface area (Å²) in [6.45, 7) is 9.62. The zero-order valence-electron chi connectivity index (χ0n) is 22.4. The molecule has 1 fully saturated rings. The molecule has 2 radical (unpaired) electrons. The molecule has 1 unspecified atom stereocenters. The lowest BCUT2D eigenvalue weighted by atomic mass is 10.0. The second kappa shape index (κ2) is 11.0. The molecule has 2 aliphatic heterocycles. The van der Waals surface area contributed by atoms with E-state index >= 15 is 0 Å². The number of nitrogens with zero attached hydrogens (tertiary/aromatic N) is 8. The number of aromatic nitrogens is 6. The standard InChI is InChI=1S/C21H25BClN9O6S2/c1-9-24-14(29-39-9)11(28-38-21(5,6)19(35)37-20(2,3)4)16(33)25-12-17(34)31-13(15-26-30-32(22)27-15)10(7-23)8-40(36)18(12)31/h12,18H,7-8H2,1-6H3,(H,25,33)/b28-11-/t12-,18-,40?/m1/s1. The molecule has 1 saturated heterocycles. The number of rotatable bonds is 8. The van der Waals surface area contributed by atoms with E-state index in [1.165, 1.54) is 18.7 Å². The minimum Gasteiger partial charge on any atom is -0.457 e. The largest absolute Gasteiger partial charge is 0.457 e. The van der Waals surface area contributed by atoms with Crippen LogP contribution in [0.5, 0.6) is 0 Å². The van der Waals surface area contributed by atoms with Crippen LogP contribution in [0.3, 0.4) is 0 Å². The highest BCUT2D eigenvalue weighted by atomic mass is 35.5. The van der Waals surface area contributed by atoms with Crippen molar-refractivity contribution in [1.82, 2.24) is 39.7 Å². The molecular weight excluding hydrogens is 585 g/mol. The Labute approximate surface area is 241 Å². The van der Waals surface area contributed by atoms with Gasteiger partial charge in [0.1, 0.15) is 22.0 Å². The summed E-state index contributed by atoms with van der Waals surface area (Å²) in [7, 11) is 3.89. The molecule has 1 N–H and O–H groups in total. The SMILES string of the molecule is [B]n1nnc(C2=C(CCl)CS(=O)[C@@H]3[C@H](NC(=O)/C(=N\OC(C)(C)C(=O)OC(C)(C)C)c4nsc(C)n4)C(=O)N23)n1. The lowest BCUT2D eigenvalue weighted by Gasteiger charge is -2.49. The molecular formula is C21H25BClN9O6S2. The summed E-state index contributed by atoms with van der Waals surface area (Å²) in [5.41, 5.74) is -2.06. The fraction of sp³-hybridized carbons (Fsp3) is 0.571. The van der Waals surface area contributed by atoms with E-state index in [4.69, 9.17) is 29.2 Å². The summed E-state index contributed by atoms with van der Waals surface area (Å²) in [6, 6.07) is -1.20. The van der Waals surface area contributed by atoms with Crippen molar-refractivity contribution in [3.8, 4) is 0 Å². The number of fused-ring (bicyclic) bond motifs is 1. The van der Waals surface area contributed by atoms with Gasteiger partial charge in [-0.1, -0.05) is 10.4 Å². The van der Waals surface area contributed by atoms with Crippen LogP contribution >= 0.6 is 23.1 Å². The Kier molecular flexibility index (Phi) is 8.15. The maximum absolute atomic E-state index is 13.4. The quantitative estimate of drug-likeness (QED) is 0.103. The molecule has 2 aromatic rings. The van der Waals surface area contributed by atoms with Gasteiger partial charge in [-0.15, -0.1) is 21.8 Å². The fourth-order valence-electron chi connectivity index (χ4n) is 3.67. The number of hydrogen-bond acceptors (Lipinski definition) is 13. The second-order valence-electron chi connectivity index (χ2n) is 10.3. The van der Waals surface area contributed by atoms with Gasteiger partial charge in [-0.3, -0.25) is 18.7 Å². The van der Waals surface area contributed by atoms with E-state index in [2.05, 4.69) is 35.2 Å². The van der Waals surface area contributed by atoms with Crippen molar-refractivity contribution in [2.45, 2.75) is 64.2 Å². The highest BCUT2D eigenvalue weighted by Crippen LogP contribution is 2.38. The highest BCUT2D eigenvalue weighted by Gasteiger charge is 2.57. The van der Waals surface area contributed by atoms with Gasteiger partial charge < -0.3 is 14.9 Å². The first-order valence-corrected chi connectivity index (χ1v) is 14.5. The van der Waals surface area contributed by atoms with Gasteiger partial charge in [-0.2, -0.15) is 4.37 Å². The number of tetrazole rings is 1. The van der Waals surface area contributed by atoms with Crippen molar-refractivity contribution in [2.75, 3.05) is 11.6 Å². The zero-order chi connectivity index (χ0) is 29.6. The number of alkyl halides is 1. The third-order valence-electron chi connectivity index (χ3n) is 5.50. The number of esters is 1. The molecule has 15 nitrogen and oxygen atoms in total. The number of β-lactam (4-membered cyclic amide) rings is 1. The van der Waals surface area contributed by atoms with Crippen LogP contribution in [0.2, 0.25) is 0 Å². The maximum atomic E-state index is 13.4. The average Bonchev–Trinajstić information content (AvgIpc) is 3.48. The molecule has 2 aromatic heterocycles. The van der Waals surface area contributed by atoms with Crippen LogP contribution in [0.25, 0.3) is 5.70 Å². The summed E-state index contributed by atoms with van der Waals surface area (Å²) in [4.78, 5) is 50.1. The van der Waals surface area contributed by atoms with Crippen molar-refractivity contribution >= 4 is 71.1 Å². The van der Waals surface area contributed by atoms with Crippen LogP contribution in [0, 0.1) is 6.92 Å². The predicted octanol–water partition coefficient (Wildman–Crippen LogP) is -0.329. The zero-order valence-corrected chi connectivity index (χ0v) is 24.8. The van der Waals surface area contributed by atoms with Gasteiger partial charge in [0.25, 0.3) is 19.8 Å². The van der Waals surface area contributed by atoms with E-state index in [1.807, 2.05) is 0 Å². The Morgan fingerprint density at radius 1 is 1.30 bits per heavy atom. The minimum atomic E-state index is -1.63. The van der Waals surface area contributed by atoms with Crippen molar-refractivity contribution in [2.24, 2.45) is 5.16 Å². The van der Waals surface area contributed by atoms with Gasteiger partial charge in [0, 0.05) is 5.88 Å². The fourth-order valence-corrected chi connectivity index (χ4v) is 6.17. The monoisotopic (exact) mass is 609 g/mol. The number of hydrogen-bond donors (Lipinski definition) is 1. The number of oxime groups is 1. The summed E-state index contributed by atoms with van der Waals surface area (Å²) >= 11 is 7.07. The lowest BCUT2D eigenvalue weighted by Crippen LogP contribution is -2.73. The molecule has 0 aromatic carbocycles. The number of amides is 2. The van der Waals surface area contributed by atoms with Gasteiger partial charge in [0.15, 0.2) is 0 Å². The van der Waals surface area contributed by atoms with Crippen LogP contribution in [-0.4, -0.2) is 104 Å². The molecule has 3 atom stereocenters. The number of nitrogens with one attached hydrogen (secondary N) is 1. The van der Waals surface area contributed by atoms with E-state index < -0.39 is 56.9 Å². The molecule has 0 spiro atoms. The molecule has 4 heterocycles. The third-order valence-corrected chi connectivity index (χ3v) is 8.10. The Morgan fingerprint density at radius 3 is 2.55 bits per heavy atom. The molecule has 19 heteroatoms. The summed E-state index contributed by atoms with van der Waals surface area (Å²) in [6.07, 6.45) is 0. The van der Waals surface area contributed by atoms with Crippen LogP contribution in [0.4, 0.5) is 0 Å². The molecule has 0 saturated carbocycles. The maximum Gasteiger partial charge on any atom is 0.353 e. The van der Waals surface area contributed by atoms with Crippen LogP contribution in [0.1, 0.15) is 51.3 Å².